The zero-order valence-corrected chi connectivity index (χ0v) is 8.15. The first kappa shape index (κ1) is 8.64. The number of fused-ring (bicyclic) bond motifs is 5. The molecular weight excluding hydrogens is 186 g/mol. The van der Waals surface area contributed by atoms with Crippen LogP contribution in [0.1, 0.15) is 13.8 Å². The number of hydrogen-bond donors (Lipinski definition) is 1. The summed E-state index contributed by atoms with van der Waals surface area (Å²) >= 11 is 0. The van der Waals surface area contributed by atoms with Gasteiger partial charge in [0, 0.05) is 6.54 Å². The van der Waals surface area contributed by atoms with E-state index in [4.69, 9.17) is 14.2 Å². The van der Waals surface area contributed by atoms with Gasteiger partial charge in [-0.2, -0.15) is 0 Å². The Labute approximate surface area is 81.7 Å². The Kier molecular flexibility index (Phi) is 1.53. The highest BCUT2D eigenvalue weighted by molar-refractivity contribution is 5.83. The first-order valence-corrected chi connectivity index (χ1v) is 4.86. The van der Waals surface area contributed by atoms with Crippen LogP contribution in [0.2, 0.25) is 0 Å². The van der Waals surface area contributed by atoms with Crippen LogP contribution >= 0.6 is 0 Å². The van der Waals surface area contributed by atoms with Gasteiger partial charge in [0.2, 0.25) is 0 Å². The fourth-order valence-corrected chi connectivity index (χ4v) is 2.36. The first-order chi connectivity index (χ1) is 6.57. The number of morpholine rings is 1. The molecule has 3 heterocycles. The van der Waals surface area contributed by atoms with Crippen molar-refractivity contribution in [2.24, 2.45) is 0 Å². The van der Waals surface area contributed by atoms with E-state index in [0.29, 0.717) is 6.54 Å². The van der Waals surface area contributed by atoms with Gasteiger partial charge < -0.3 is 19.5 Å². The molecule has 1 N–H and O–H groups in total. The Morgan fingerprint density at radius 1 is 1.36 bits per heavy atom. The van der Waals surface area contributed by atoms with Gasteiger partial charge in [0.25, 0.3) is 5.91 Å². The van der Waals surface area contributed by atoms with E-state index in [1.165, 1.54) is 0 Å². The number of amides is 1. The molecule has 0 aromatic heterocycles. The SMILES string of the molecule is CC1(C)O[C@@H]2[C@H](O1)[C@H]1CNC(=O)[C@@H]2O1. The van der Waals surface area contributed by atoms with Gasteiger partial charge in [-0.25, -0.2) is 0 Å². The lowest BCUT2D eigenvalue weighted by Crippen LogP contribution is -2.48. The molecule has 0 aromatic rings. The number of carbonyl (C=O) groups is 1. The third-order valence-corrected chi connectivity index (χ3v) is 2.89. The van der Waals surface area contributed by atoms with E-state index in [9.17, 15) is 4.79 Å². The lowest BCUT2D eigenvalue weighted by atomic mass is 10.1. The summed E-state index contributed by atoms with van der Waals surface area (Å²) < 4.78 is 16.9. The number of hydrogen-bond acceptors (Lipinski definition) is 4. The van der Waals surface area contributed by atoms with Crippen molar-refractivity contribution in [3.63, 3.8) is 0 Å². The van der Waals surface area contributed by atoms with Gasteiger partial charge in [0.15, 0.2) is 11.9 Å². The summed E-state index contributed by atoms with van der Waals surface area (Å²) in [4.78, 5) is 11.4. The number of ether oxygens (including phenoxy) is 3. The molecule has 5 heteroatoms. The van der Waals surface area contributed by atoms with E-state index >= 15 is 0 Å². The molecule has 3 aliphatic heterocycles. The number of nitrogens with one attached hydrogen (secondary N) is 1. The molecule has 5 nitrogen and oxygen atoms in total. The summed E-state index contributed by atoms with van der Waals surface area (Å²) in [6.45, 7) is 4.24. The Balaban J connectivity index is 1.90. The van der Waals surface area contributed by atoms with Crippen LogP contribution in [-0.4, -0.2) is 42.7 Å². The highest BCUT2D eigenvalue weighted by atomic mass is 16.8. The molecule has 3 fully saturated rings. The predicted octanol–water partition coefficient (Wildman–Crippen LogP) is -0.596. The minimum absolute atomic E-state index is 0.0514. The van der Waals surface area contributed by atoms with Crippen LogP contribution in [-0.2, 0) is 19.0 Å². The predicted molar refractivity (Wildman–Crippen MR) is 45.5 cm³/mol. The zero-order chi connectivity index (χ0) is 9.92. The molecular formula is C9H13NO4. The van der Waals surface area contributed by atoms with Gasteiger partial charge >= 0.3 is 0 Å². The van der Waals surface area contributed by atoms with Gasteiger partial charge in [-0.1, -0.05) is 0 Å². The first-order valence-electron chi connectivity index (χ1n) is 4.86. The average molecular weight is 199 g/mol. The Morgan fingerprint density at radius 2 is 2.07 bits per heavy atom. The van der Waals surface area contributed by atoms with Crippen molar-refractivity contribution in [3.05, 3.63) is 0 Å². The molecule has 0 aromatic carbocycles. The monoisotopic (exact) mass is 199 g/mol. The van der Waals surface area contributed by atoms with Crippen molar-refractivity contribution in [3.8, 4) is 0 Å². The molecule has 0 saturated carbocycles. The third kappa shape index (κ3) is 1.03. The molecule has 0 radical (unpaired) electrons. The largest absolute Gasteiger partial charge is 0.358 e. The average Bonchev–Trinajstić information content (AvgIpc) is 2.53. The number of rotatable bonds is 0. The van der Waals surface area contributed by atoms with Crippen LogP contribution in [0.4, 0.5) is 0 Å². The molecule has 0 unspecified atom stereocenters. The van der Waals surface area contributed by atoms with Crippen LogP contribution < -0.4 is 5.32 Å². The standard InChI is InChI=1S/C9H13NO4/c1-9(2)13-5-4-3-10-8(11)7(12-4)6(5)14-9/h4-7H,3H2,1-2H3,(H,10,11)/t4-,5-,6-,7-/m1/s1. The Hall–Kier alpha value is -0.650. The van der Waals surface area contributed by atoms with Gasteiger partial charge in [0.05, 0.1) is 0 Å². The van der Waals surface area contributed by atoms with Crippen molar-refractivity contribution in [2.75, 3.05) is 6.54 Å². The van der Waals surface area contributed by atoms with Crippen molar-refractivity contribution in [1.82, 2.24) is 5.32 Å². The minimum Gasteiger partial charge on any atom is -0.358 e. The van der Waals surface area contributed by atoms with Crippen molar-refractivity contribution in [2.45, 2.75) is 44.1 Å². The van der Waals surface area contributed by atoms with Crippen LogP contribution in [0.25, 0.3) is 0 Å². The van der Waals surface area contributed by atoms with Crippen LogP contribution in [0.5, 0.6) is 0 Å². The summed E-state index contributed by atoms with van der Waals surface area (Å²) in [5.41, 5.74) is 0. The summed E-state index contributed by atoms with van der Waals surface area (Å²) in [7, 11) is 0. The van der Waals surface area contributed by atoms with E-state index in [1.54, 1.807) is 0 Å². The van der Waals surface area contributed by atoms with E-state index in [-0.39, 0.29) is 24.2 Å². The summed E-state index contributed by atoms with van der Waals surface area (Å²) in [6, 6.07) is 0. The summed E-state index contributed by atoms with van der Waals surface area (Å²) in [5.74, 6) is -0.678. The van der Waals surface area contributed by atoms with Crippen LogP contribution in [0.3, 0.4) is 0 Å². The summed E-state index contributed by atoms with van der Waals surface area (Å²) in [6.07, 6.45) is -0.878. The molecule has 14 heavy (non-hydrogen) atoms. The highest BCUT2D eigenvalue weighted by Gasteiger charge is 2.59. The zero-order valence-electron chi connectivity index (χ0n) is 8.15. The quantitative estimate of drug-likeness (QED) is 0.566. The smallest absolute Gasteiger partial charge is 0.252 e. The molecule has 0 spiro atoms. The number of carbonyl (C=O) groups excluding carboxylic acids is 1. The fourth-order valence-electron chi connectivity index (χ4n) is 2.36. The molecule has 0 aliphatic carbocycles. The highest BCUT2D eigenvalue weighted by Crippen LogP contribution is 2.39. The maximum absolute atomic E-state index is 11.4. The Morgan fingerprint density at radius 3 is 2.86 bits per heavy atom. The molecule has 4 atom stereocenters. The normalized spacial score (nSPS) is 48.9. The van der Waals surface area contributed by atoms with Crippen molar-refractivity contribution in [1.29, 1.82) is 0 Å². The van der Waals surface area contributed by atoms with Crippen molar-refractivity contribution >= 4 is 5.91 Å². The lowest BCUT2D eigenvalue weighted by molar-refractivity contribution is -0.193. The molecule has 78 valence electrons. The topological polar surface area (TPSA) is 56.8 Å². The van der Waals surface area contributed by atoms with Gasteiger partial charge in [-0.15, -0.1) is 0 Å². The van der Waals surface area contributed by atoms with Crippen LogP contribution in [0.15, 0.2) is 0 Å². The van der Waals surface area contributed by atoms with E-state index < -0.39 is 11.9 Å². The van der Waals surface area contributed by atoms with Gasteiger partial charge in [-0.05, 0) is 13.8 Å². The molecule has 3 rings (SSSR count). The molecule has 1 amide bonds. The third-order valence-electron chi connectivity index (χ3n) is 2.89. The van der Waals surface area contributed by atoms with Crippen molar-refractivity contribution < 1.29 is 19.0 Å². The van der Waals surface area contributed by atoms with E-state index in [0.717, 1.165) is 0 Å². The summed E-state index contributed by atoms with van der Waals surface area (Å²) in [5, 5.41) is 2.78. The van der Waals surface area contributed by atoms with E-state index in [2.05, 4.69) is 5.32 Å². The maximum Gasteiger partial charge on any atom is 0.252 e. The molecule has 3 saturated heterocycles. The van der Waals surface area contributed by atoms with Gasteiger partial charge in [-0.3, -0.25) is 4.79 Å². The second kappa shape index (κ2) is 2.48. The van der Waals surface area contributed by atoms with E-state index in [1.807, 2.05) is 13.8 Å². The van der Waals surface area contributed by atoms with Crippen LogP contribution in [0, 0.1) is 0 Å². The van der Waals surface area contributed by atoms with Gasteiger partial charge in [0.1, 0.15) is 18.3 Å². The second-order valence-corrected chi connectivity index (χ2v) is 4.41. The molecule has 2 bridgehead atoms. The lowest BCUT2D eigenvalue weighted by Gasteiger charge is -2.27. The fraction of sp³-hybridized carbons (Fsp3) is 0.889. The maximum atomic E-state index is 11.4. The second-order valence-electron chi connectivity index (χ2n) is 4.41. The minimum atomic E-state index is -0.590. The molecule has 3 aliphatic rings. The Bertz CT molecular complexity index is 291.